The van der Waals surface area contributed by atoms with Crippen LogP contribution in [0.1, 0.15) is 145 Å². The Morgan fingerprint density at radius 3 is 0.903 bits per heavy atom. The number of halogens is 4. The molecular weight excluding hydrogens is 1780 g/mol. The van der Waals surface area contributed by atoms with Crippen LogP contribution in [0.25, 0.3) is 0 Å². The summed E-state index contributed by atoms with van der Waals surface area (Å²) in [5.41, 5.74) is 13.4. The summed E-state index contributed by atoms with van der Waals surface area (Å²) in [6.45, 7) is 14.3. The molecule has 0 bridgehead atoms. The van der Waals surface area contributed by atoms with Crippen LogP contribution in [-0.2, 0) is 78.8 Å². The SMILES string of the molecule is Cc1ccc(CNC(=O)c2cnc(N3CC4CC4C3)nc2NCc2ccc(CO)c(Cl)c2)cc1.Cc1cnc(CNC(=O)c2cnc(N3CC4CC4C3)nc2NCc2ccc(CO)c(Cl)c2)cn1.O=C(NCc1ccccc1)c1cnc(N2CC3CC3C2)nc1NCc1ccc(CO)c(Cl)c1.O=C(NCc1ccccn1)c1cnc(N2CC3CC3C2)nc1NCc1ccc(CO)c(Cl)c1. The van der Waals surface area contributed by atoms with Crippen molar-refractivity contribution >= 4 is 117 Å². The third-order valence-electron chi connectivity index (χ3n) is 25.4. The van der Waals surface area contributed by atoms with E-state index in [-0.39, 0.29) is 56.6 Å². The number of aliphatic hydroxyl groups is 4. The molecule has 35 heteroatoms. The molecule has 12 aromatic rings. The van der Waals surface area contributed by atoms with Crippen LogP contribution in [0.3, 0.4) is 0 Å². The van der Waals surface area contributed by atoms with Crippen LogP contribution in [0, 0.1) is 61.2 Å². The molecule has 20 rings (SSSR count). The van der Waals surface area contributed by atoms with Crippen molar-refractivity contribution in [2.45, 2.75) is 118 Å². The Morgan fingerprint density at radius 2 is 0.612 bits per heavy atom. The molecule has 12 N–H and O–H groups in total. The van der Waals surface area contributed by atoms with E-state index in [1.807, 2.05) is 123 Å². The summed E-state index contributed by atoms with van der Waals surface area (Å²) in [5, 5.41) is 64.3. The van der Waals surface area contributed by atoms with Crippen LogP contribution in [-0.4, -0.2) is 151 Å². The van der Waals surface area contributed by atoms with E-state index in [1.54, 1.807) is 79.8 Å². The summed E-state index contributed by atoms with van der Waals surface area (Å²) in [7, 11) is 0. The number of carbonyl (C=O) groups excluding carboxylic acids is 4. The van der Waals surface area contributed by atoms with Gasteiger partial charge in [-0.2, -0.15) is 19.9 Å². The number of nitrogens with zero attached hydrogens (tertiary/aromatic N) is 15. The number of carbonyl (C=O) groups is 4. The number of benzene rings is 6. The zero-order valence-corrected chi connectivity index (χ0v) is 77.2. The number of hydrogen-bond donors (Lipinski definition) is 12. The van der Waals surface area contributed by atoms with Gasteiger partial charge in [-0.25, -0.2) is 19.9 Å². The van der Waals surface area contributed by atoms with Crippen LogP contribution in [0.4, 0.5) is 47.1 Å². The summed E-state index contributed by atoms with van der Waals surface area (Å²) >= 11 is 25.0. The van der Waals surface area contributed by atoms with Gasteiger partial charge in [-0.05, 0) is 179 Å². The van der Waals surface area contributed by atoms with Gasteiger partial charge in [0, 0.05) is 149 Å². The Labute approximate surface area is 796 Å². The summed E-state index contributed by atoms with van der Waals surface area (Å²) < 4.78 is 0. The molecule has 31 nitrogen and oxygen atoms in total. The minimum absolute atomic E-state index is 0.106. The number of fused-ring (bicyclic) bond motifs is 4. The van der Waals surface area contributed by atoms with Crippen LogP contribution in [0.5, 0.6) is 0 Å². The summed E-state index contributed by atoms with van der Waals surface area (Å²) in [6.07, 6.45) is 16.6. The zero-order valence-electron chi connectivity index (χ0n) is 74.1. The van der Waals surface area contributed by atoms with Crippen molar-refractivity contribution in [2.24, 2.45) is 47.3 Å². The van der Waals surface area contributed by atoms with Crippen LogP contribution in [0.2, 0.25) is 20.1 Å². The highest BCUT2D eigenvalue weighted by Gasteiger charge is 2.49. The molecule has 4 saturated heterocycles. The fourth-order valence-corrected chi connectivity index (χ4v) is 18.1. The first kappa shape index (κ1) is 93.0. The quantitative estimate of drug-likeness (QED) is 0.0186. The minimum Gasteiger partial charge on any atom is -0.392 e. The molecular formula is C99H105Cl4N23O8. The molecule has 8 aliphatic rings. The van der Waals surface area contributed by atoms with Gasteiger partial charge >= 0.3 is 0 Å². The van der Waals surface area contributed by atoms with E-state index in [0.29, 0.717) is 163 Å². The summed E-state index contributed by atoms with van der Waals surface area (Å²) in [5.74, 6) is 9.46. The number of aromatic nitrogens is 11. The van der Waals surface area contributed by atoms with Gasteiger partial charge in [-0.15, -0.1) is 0 Å². The van der Waals surface area contributed by atoms with E-state index in [4.69, 9.17) is 66.3 Å². The summed E-state index contributed by atoms with van der Waals surface area (Å²) in [4.78, 5) is 110. The van der Waals surface area contributed by atoms with Crippen LogP contribution < -0.4 is 62.1 Å². The number of aliphatic hydroxyl groups excluding tert-OH is 4. The molecule has 0 spiro atoms. The largest absolute Gasteiger partial charge is 0.392 e. The molecule has 8 fully saturated rings. The number of amides is 4. The number of pyridine rings is 1. The second-order valence-corrected chi connectivity index (χ2v) is 36.9. The van der Waals surface area contributed by atoms with Gasteiger partial charge < -0.3 is 82.6 Å². The lowest BCUT2D eigenvalue weighted by atomic mass is 10.1. The fraction of sp³-hybridized carbons (Fsp3) is 0.343. The molecule has 692 valence electrons. The molecule has 8 unspecified atom stereocenters. The lowest BCUT2D eigenvalue weighted by Gasteiger charge is -2.20. The minimum atomic E-state index is -0.297. The van der Waals surface area contributed by atoms with Gasteiger partial charge in [0.15, 0.2) is 0 Å². The van der Waals surface area contributed by atoms with E-state index in [0.717, 1.165) is 144 Å². The van der Waals surface area contributed by atoms with E-state index in [1.165, 1.54) is 31.2 Å². The van der Waals surface area contributed by atoms with Crippen molar-refractivity contribution in [3.05, 3.63) is 310 Å². The van der Waals surface area contributed by atoms with Gasteiger partial charge in [0.1, 0.15) is 45.5 Å². The normalized spacial score (nSPS) is 18.6. The maximum absolute atomic E-state index is 13.1. The first-order chi connectivity index (χ1) is 65.2. The Bertz CT molecular complexity index is 5790. The van der Waals surface area contributed by atoms with Crippen molar-refractivity contribution in [1.82, 2.24) is 76.1 Å². The summed E-state index contributed by atoms with van der Waals surface area (Å²) in [6, 6.07) is 45.4. The molecule has 6 aromatic carbocycles. The van der Waals surface area contributed by atoms with E-state index >= 15 is 0 Å². The zero-order chi connectivity index (χ0) is 92.9. The van der Waals surface area contributed by atoms with E-state index in [2.05, 4.69) is 97.0 Å². The number of nitrogens with one attached hydrogen (secondary N) is 8. The van der Waals surface area contributed by atoms with Crippen molar-refractivity contribution in [1.29, 1.82) is 0 Å². The maximum atomic E-state index is 13.1. The molecule has 4 amide bonds. The van der Waals surface area contributed by atoms with E-state index < -0.39 is 0 Å². The Kier molecular flexibility index (Phi) is 29.8. The van der Waals surface area contributed by atoms with Crippen LogP contribution >= 0.6 is 46.4 Å². The molecule has 134 heavy (non-hydrogen) atoms. The highest BCUT2D eigenvalue weighted by Crippen LogP contribution is 2.49. The first-order valence-corrected chi connectivity index (χ1v) is 46.6. The Morgan fingerprint density at radius 1 is 0.313 bits per heavy atom. The predicted octanol–water partition coefficient (Wildman–Crippen LogP) is 13.3. The second-order valence-electron chi connectivity index (χ2n) is 35.3. The van der Waals surface area contributed by atoms with Crippen molar-refractivity contribution < 1.29 is 39.6 Å². The number of hydrogen-bond acceptors (Lipinski definition) is 27. The molecule has 8 atom stereocenters. The molecule has 4 aliphatic carbocycles. The number of piperidine rings is 4. The predicted molar refractivity (Wildman–Crippen MR) is 515 cm³/mol. The lowest BCUT2D eigenvalue weighted by molar-refractivity contribution is 0.0942. The Balaban J connectivity index is 0.000000124. The highest BCUT2D eigenvalue weighted by atomic mass is 35.5. The van der Waals surface area contributed by atoms with Crippen LogP contribution in [0.15, 0.2) is 189 Å². The van der Waals surface area contributed by atoms with Crippen molar-refractivity contribution in [3.8, 4) is 0 Å². The second kappa shape index (κ2) is 43.0. The topological polar surface area (TPSA) is 400 Å². The average Bonchev–Trinajstić information content (AvgIpc) is 1.63. The molecule has 4 saturated carbocycles. The van der Waals surface area contributed by atoms with Gasteiger partial charge in [0.25, 0.3) is 23.6 Å². The van der Waals surface area contributed by atoms with Gasteiger partial charge in [-0.3, -0.25) is 34.1 Å². The van der Waals surface area contributed by atoms with Crippen molar-refractivity contribution in [2.75, 3.05) is 93.2 Å². The third-order valence-corrected chi connectivity index (χ3v) is 26.8. The first-order valence-electron chi connectivity index (χ1n) is 45.1. The number of aryl methyl sites for hydroxylation is 2. The number of rotatable bonds is 32. The van der Waals surface area contributed by atoms with Crippen molar-refractivity contribution in [3.63, 3.8) is 0 Å². The molecule has 4 aliphatic heterocycles. The Hall–Kier alpha value is -12.9. The smallest absolute Gasteiger partial charge is 0.256 e. The van der Waals surface area contributed by atoms with Gasteiger partial charge in [0.05, 0.1) is 62.8 Å². The van der Waals surface area contributed by atoms with Gasteiger partial charge in [0.2, 0.25) is 23.8 Å². The number of anilines is 8. The molecule has 10 heterocycles. The van der Waals surface area contributed by atoms with E-state index in [9.17, 15) is 39.6 Å². The maximum Gasteiger partial charge on any atom is 0.256 e. The van der Waals surface area contributed by atoms with Gasteiger partial charge in [-0.1, -0.05) is 161 Å². The average molecular weight is 1890 g/mol. The lowest BCUT2D eigenvalue weighted by Crippen LogP contribution is -2.28. The standard InChI is InChI=1S/C26H28ClN5O2.C25H26ClN5O2.C24H26ClN7O2.C24H25ClN6O2/c1-16-2-4-17(5-3-16)10-29-25(34)22-12-30-26(32-13-20-9-21(20)14-32)31-24(22)28-11-18-6-7-19(15-33)23(27)8-18;26-22-8-17(6-7-18(22)15-32)11-27-23-21(24(33)28-10-16-4-2-1-3-5-16)12-29-25(30-23)31-13-19-9-20(19)14-31;1-14-6-27-19(8-26-14)9-29-23(34)20-10-30-24(32-11-17-5-18(17)12-32)31-22(20)28-7-15-2-3-16(13-33)21(25)4-15;25-21-7-15(4-5-16(21)14-32)9-27-22-20(23(33)28-10-19-3-1-2-6-26-19)11-29-24(30-22)31-12-17-8-18(17)13-31/h2-8,12,20-21,33H,9-11,13-15H2,1H3,(H,29,34)(H,28,30,31);1-8,12,19-20,32H,9-11,13-15H2,(H,28,33)(H,27,29,30);2-4,6,8,10,17-18,33H,5,7,9,11-13H2,1H3,(H,29,34)(H,28,30,31);1-7,11,17-18,32H,8-10,12-14H2,(H,28,33)(H,27,29,30). The third kappa shape index (κ3) is 24.0. The molecule has 6 aromatic heterocycles. The highest BCUT2D eigenvalue weighted by molar-refractivity contribution is 6.32. The monoisotopic (exact) mass is 1880 g/mol. The molecule has 0 radical (unpaired) electrons. The fourth-order valence-electron chi connectivity index (χ4n) is 17.0.